The van der Waals surface area contributed by atoms with Gasteiger partial charge in [0.25, 0.3) is 0 Å². The van der Waals surface area contributed by atoms with Gasteiger partial charge in [-0.05, 0) is 49.5 Å². The summed E-state index contributed by atoms with van der Waals surface area (Å²) >= 11 is 5.30. The molecule has 8 heteroatoms. The largest absolute Gasteiger partial charge is 0.497 e. The number of hydrogen-bond donors (Lipinski definition) is 2. The van der Waals surface area contributed by atoms with Gasteiger partial charge in [0.2, 0.25) is 0 Å². The lowest BCUT2D eigenvalue weighted by Gasteiger charge is -2.30. The predicted molar refractivity (Wildman–Crippen MR) is 117 cm³/mol. The number of benzene rings is 2. The number of hydrogen-bond acceptors (Lipinski definition) is 6. The average Bonchev–Trinajstić information content (AvgIpc) is 2.76. The fourth-order valence-corrected chi connectivity index (χ4v) is 3.42. The third kappa shape index (κ3) is 5.01. The van der Waals surface area contributed by atoms with Crippen molar-refractivity contribution in [3.05, 3.63) is 65.4 Å². The summed E-state index contributed by atoms with van der Waals surface area (Å²) in [6.45, 7) is 2.13. The van der Waals surface area contributed by atoms with Crippen LogP contribution >= 0.6 is 12.2 Å². The van der Waals surface area contributed by atoms with Crippen LogP contribution in [-0.4, -0.2) is 38.5 Å². The van der Waals surface area contributed by atoms with Crippen molar-refractivity contribution in [2.45, 2.75) is 13.0 Å². The minimum absolute atomic E-state index is 0.108. The number of esters is 1. The highest BCUT2D eigenvalue weighted by Crippen LogP contribution is 2.35. The first kappa shape index (κ1) is 21.4. The molecule has 0 unspecified atom stereocenters. The first-order chi connectivity index (χ1) is 14.5. The van der Waals surface area contributed by atoms with Crippen LogP contribution in [0.3, 0.4) is 0 Å². The second-order valence-electron chi connectivity index (χ2n) is 6.48. The van der Waals surface area contributed by atoms with Crippen molar-refractivity contribution >= 4 is 23.3 Å². The maximum Gasteiger partial charge on any atom is 0.338 e. The molecule has 1 aliphatic heterocycles. The molecule has 0 saturated heterocycles. The molecule has 0 bridgehead atoms. The molecule has 3 rings (SSSR count). The van der Waals surface area contributed by atoms with E-state index in [2.05, 4.69) is 10.6 Å². The molecule has 0 radical (unpaired) electrons. The zero-order valence-corrected chi connectivity index (χ0v) is 17.9. The van der Waals surface area contributed by atoms with Gasteiger partial charge in [-0.3, -0.25) is 0 Å². The Morgan fingerprint density at radius 1 is 1.03 bits per heavy atom. The zero-order valence-electron chi connectivity index (χ0n) is 17.1. The van der Waals surface area contributed by atoms with Crippen molar-refractivity contribution in [1.29, 1.82) is 0 Å². The molecule has 30 heavy (non-hydrogen) atoms. The summed E-state index contributed by atoms with van der Waals surface area (Å²) in [7, 11) is 3.15. The van der Waals surface area contributed by atoms with Crippen LogP contribution < -0.4 is 24.8 Å². The summed E-state index contributed by atoms with van der Waals surface area (Å²) in [4.78, 5) is 12.9. The fraction of sp³-hybridized carbons (Fsp3) is 0.273. The summed E-state index contributed by atoms with van der Waals surface area (Å²) in [5, 5.41) is 6.53. The third-order valence-corrected chi connectivity index (χ3v) is 4.79. The van der Waals surface area contributed by atoms with Crippen molar-refractivity contribution in [3.63, 3.8) is 0 Å². The van der Waals surface area contributed by atoms with Crippen molar-refractivity contribution < 1.29 is 23.7 Å². The number of nitrogens with one attached hydrogen (secondary N) is 2. The molecular weight excluding hydrogens is 404 g/mol. The monoisotopic (exact) mass is 428 g/mol. The lowest BCUT2D eigenvalue weighted by atomic mass is 9.94. The summed E-state index contributed by atoms with van der Waals surface area (Å²) < 4.78 is 21.9. The van der Waals surface area contributed by atoms with E-state index in [1.807, 2.05) is 36.4 Å². The van der Waals surface area contributed by atoms with Crippen molar-refractivity contribution in [3.8, 4) is 17.2 Å². The van der Waals surface area contributed by atoms with Crippen LogP contribution in [0.1, 0.15) is 18.5 Å². The summed E-state index contributed by atoms with van der Waals surface area (Å²) in [6.07, 6.45) is 0. The third-order valence-electron chi connectivity index (χ3n) is 4.57. The Bertz CT molecular complexity index is 946. The highest BCUT2D eigenvalue weighted by Gasteiger charge is 2.33. The molecule has 2 N–H and O–H groups in total. The van der Waals surface area contributed by atoms with E-state index < -0.39 is 12.0 Å². The Morgan fingerprint density at radius 2 is 1.80 bits per heavy atom. The number of para-hydroxylation sites is 1. The van der Waals surface area contributed by atoms with E-state index in [0.717, 1.165) is 0 Å². The fourth-order valence-electron chi connectivity index (χ4n) is 3.15. The van der Waals surface area contributed by atoms with E-state index in [4.69, 9.17) is 31.2 Å². The molecule has 1 atom stereocenters. The van der Waals surface area contributed by atoms with Gasteiger partial charge >= 0.3 is 5.97 Å². The number of ether oxygens (including phenoxy) is 4. The number of carbonyl (C=O) groups excluding carboxylic acids is 1. The summed E-state index contributed by atoms with van der Waals surface area (Å²) in [6, 6.07) is 14.2. The highest BCUT2D eigenvalue weighted by molar-refractivity contribution is 7.80. The SMILES string of the molecule is COc1ccc(OC)c([C@@H]2NC(=S)NC(C)=C2C(=O)OCCOc2ccccc2)c1. The predicted octanol–water partition coefficient (Wildman–Crippen LogP) is 3.12. The molecule has 0 saturated carbocycles. The van der Waals surface area contributed by atoms with Gasteiger partial charge in [0.05, 0.1) is 25.8 Å². The van der Waals surface area contributed by atoms with Crippen molar-refractivity contribution in [1.82, 2.24) is 10.6 Å². The standard InChI is InChI=1S/C22H24N2O5S/c1-14-19(21(25)29-12-11-28-15-7-5-4-6-8-15)20(24-22(30)23-14)17-13-16(26-2)9-10-18(17)27-3/h4-10,13,20H,11-12H2,1-3H3,(H2,23,24,30)/t20-/m0/s1. The molecule has 1 heterocycles. The normalized spacial score (nSPS) is 15.7. The van der Waals surface area contributed by atoms with E-state index in [1.54, 1.807) is 33.3 Å². The average molecular weight is 429 g/mol. The number of allylic oxidation sites excluding steroid dienone is 1. The lowest BCUT2D eigenvalue weighted by molar-refractivity contribution is -0.140. The maximum absolute atomic E-state index is 12.9. The Kier molecular flexibility index (Phi) is 7.13. The molecule has 0 spiro atoms. The van der Waals surface area contributed by atoms with Gasteiger partial charge in [0.15, 0.2) is 5.11 Å². The van der Waals surface area contributed by atoms with Gasteiger partial charge in [-0.2, -0.15) is 0 Å². The van der Waals surface area contributed by atoms with E-state index in [0.29, 0.717) is 39.2 Å². The van der Waals surface area contributed by atoms with Crippen LogP contribution in [0.15, 0.2) is 59.8 Å². The second kappa shape index (κ2) is 9.98. The van der Waals surface area contributed by atoms with Crippen LogP contribution in [0.25, 0.3) is 0 Å². The molecule has 0 aromatic heterocycles. The van der Waals surface area contributed by atoms with Crippen LogP contribution in [0.2, 0.25) is 0 Å². The van der Waals surface area contributed by atoms with Crippen LogP contribution in [0.5, 0.6) is 17.2 Å². The molecule has 0 aliphatic carbocycles. The molecule has 2 aromatic carbocycles. The first-order valence-electron chi connectivity index (χ1n) is 9.38. The first-order valence-corrected chi connectivity index (χ1v) is 9.79. The second-order valence-corrected chi connectivity index (χ2v) is 6.88. The molecule has 158 valence electrons. The maximum atomic E-state index is 12.9. The Balaban J connectivity index is 1.77. The van der Waals surface area contributed by atoms with Gasteiger partial charge in [0.1, 0.15) is 30.5 Å². The molecule has 7 nitrogen and oxygen atoms in total. The summed E-state index contributed by atoms with van der Waals surface area (Å²) in [5.41, 5.74) is 1.74. The zero-order chi connectivity index (χ0) is 21.5. The van der Waals surface area contributed by atoms with Crippen molar-refractivity contribution in [2.24, 2.45) is 0 Å². The number of rotatable bonds is 8. The van der Waals surface area contributed by atoms with E-state index >= 15 is 0 Å². The number of methoxy groups -OCH3 is 2. The Morgan fingerprint density at radius 3 is 2.50 bits per heavy atom. The van der Waals surface area contributed by atoms with E-state index in [9.17, 15) is 4.79 Å². The molecule has 0 fully saturated rings. The van der Waals surface area contributed by atoms with E-state index in [1.165, 1.54) is 0 Å². The van der Waals surface area contributed by atoms with Crippen LogP contribution in [-0.2, 0) is 9.53 Å². The molecular formula is C22H24N2O5S. The smallest absolute Gasteiger partial charge is 0.338 e. The highest BCUT2D eigenvalue weighted by atomic mass is 32.1. The minimum Gasteiger partial charge on any atom is -0.497 e. The lowest BCUT2D eigenvalue weighted by Crippen LogP contribution is -2.45. The van der Waals surface area contributed by atoms with E-state index in [-0.39, 0.29) is 13.2 Å². The van der Waals surface area contributed by atoms with Crippen molar-refractivity contribution in [2.75, 3.05) is 27.4 Å². The van der Waals surface area contributed by atoms with Crippen LogP contribution in [0, 0.1) is 0 Å². The van der Waals surface area contributed by atoms with Crippen LogP contribution in [0.4, 0.5) is 0 Å². The van der Waals surface area contributed by atoms with Gasteiger partial charge in [0, 0.05) is 11.3 Å². The quantitative estimate of drug-likeness (QED) is 0.377. The summed E-state index contributed by atoms with van der Waals surface area (Å²) in [5.74, 6) is 1.48. The molecule has 1 aliphatic rings. The van der Waals surface area contributed by atoms with Gasteiger partial charge < -0.3 is 29.6 Å². The minimum atomic E-state index is -0.550. The van der Waals surface area contributed by atoms with Gasteiger partial charge in [-0.15, -0.1) is 0 Å². The molecule has 0 amide bonds. The Hall–Kier alpha value is -3.26. The Labute approximate surface area is 181 Å². The number of carbonyl (C=O) groups is 1. The number of thiocarbonyl (C=S) groups is 1. The topological polar surface area (TPSA) is 78.1 Å². The van der Waals surface area contributed by atoms with Gasteiger partial charge in [-0.25, -0.2) is 4.79 Å². The van der Waals surface area contributed by atoms with Gasteiger partial charge in [-0.1, -0.05) is 18.2 Å². The molecule has 2 aromatic rings.